The van der Waals surface area contributed by atoms with Crippen LogP contribution in [0.1, 0.15) is 10.4 Å². The van der Waals surface area contributed by atoms with E-state index in [0.717, 1.165) is 0 Å². The minimum Gasteiger partial charge on any atom is -0.490 e. The zero-order chi connectivity index (χ0) is 14.4. The lowest BCUT2D eigenvalue weighted by Gasteiger charge is -2.07. The van der Waals surface area contributed by atoms with Crippen molar-refractivity contribution in [3.63, 3.8) is 0 Å². The molecule has 0 saturated heterocycles. The Hall–Kier alpha value is -2.62. The number of halogens is 1. The monoisotopic (exact) mass is 271 g/mol. The normalized spacial score (nSPS) is 9.85. The largest absolute Gasteiger partial charge is 0.490 e. The minimum absolute atomic E-state index is 0.300. The van der Waals surface area contributed by atoms with Crippen LogP contribution < -0.4 is 10.1 Å². The van der Waals surface area contributed by atoms with Crippen LogP contribution in [-0.4, -0.2) is 12.5 Å². The molecule has 1 N–H and O–H groups in total. The molecule has 20 heavy (non-hydrogen) atoms. The van der Waals surface area contributed by atoms with Crippen molar-refractivity contribution in [2.24, 2.45) is 0 Å². The van der Waals surface area contributed by atoms with E-state index in [2.05, 4.69) is 11.9 Å². The highest BCUT2D eigenvalue weighted by atomic mass is 19.1. The van der Waals surface area contributed by atoms with E-state index in [9.17, 15) is 9.18 Å². The van der Waals surface area contributed by atoms with Gasteiger partial charge in [-0.15, -0.1) is 0 Å². The third-order valence-electron chi connectivity index (χ3n) is 2.57. The Morgan fingerprint density at radius 2 is 2.00 bits per heavy atom. The third kappa shape index (κ3) is 3.68. The molecule has 0 spiro atoms. The van der Waals surface area contributed by atoms with Crippen LogP contribution in [0, 0.1) is 5.82 Å². The van der Waals surface area contributed by atoms with Crippen molar-refractivity contribution in [2.75, 3.05) is 11.9 Å². The van der Waals surface area contributed by atoms with E-state index < -0.39 is 5.82 Å². The second-order valence-electron chi connectivity index (χ2n) is 4.09. The fourth-order valence-electron chi connectivity index (χ4n) is 1.63. The Balaban J connectivity index is 2.03. The zero-order valence-electron chi connectivity index (χ0n) is 10.8. The molecular formula is C16H14FNO2. The van der Waals surface area contributed by atoms with Gasteiger partial charge >= 0.3 is 0 Å². The van der Waals surface area contributed by atoms with Crippen molar-refractivity contribution in [1.82, 2.24) is 0 Å². The lowest BCUT2D eigenvalue weighted by Crippen LogP contribution is -2.11. The summed E-state index contributed by atoms with van der Waals surface area (Å²) in [6, 6.07) is 12.4. The Labute approximate surface area is 116 Å². The van der Waals surface area contributed by atoms with E-state index in [-0.39, 0.29) is 5.91 Å². The highest BCUT2D eigenvalue weighted by Gasteiger charge is 2.06. The van der Waals surface area contributed by atoms with E-state index in [4.69, 9.17) is 4.74 Å². The van der Waals surface area contributed by atoms with Gasteiger partial charge in [0.2, 0.25) is 0 Å². The summed E-state index contributed by atoms with van der Waals surface area (Å²) in [4.78, 5) is 12.0. The van der Waals surface area contributed by atoms with Gasteiger partial charge in [0, 0.05) is 11.3 Å². The van der Waals surface area contributed by atoms with Crippen LogP contribution in [0.2, 0.25) is 0 Å². The topological polar surface area (TPSA) is 38.3 Å². The van der Waals surface area contributed by atoms with E-state index >= 15 is 0 Å². The number of carbonyl (C=O) groups is 1. The van der Waals surface area contributed by atoms with Gasteiger partial charge < -0.3 is 10.1 Å². The summed E-state index contributed by atoms with van der Waals surface area (Å²) < 4.78 is 18.3. The molecule has 0 bridgehead atoms. The molecule has 0 aliphatic heterocycles. The Kier molecular flexibility index (Phi) is 4.50. The molecule has 0 fully saturated rings. The Bertz CT molecular complexity index is 608. The maximum Gasteiger partial charge on any atom is 0.255 e. The maximum absolute atomic E-state index is 13.0. The van der Waals surface area contributed by atoms with Crippen molar-refractivity contribution >= 4 is 11.6 Å². The van der Waals surface area contributed by atoms with Crippen LogP contribution in [0.25, 0.3) is 0 Å². The van der Waals surface area contributed by atoms with Gasteiger partial charge in [-0.3, -0.25) is 4.79 Å². The predicted molar refractivity (Wildman–Crippen MR) is 76.5 cm³/mol. The number of anilines is 1. The van der Waals surface area contributed by atoms with Gasteiger partial charge in [0.25, 0.3) is 5.91 Å². The summed E-state index contributed by atoms with van der Waals surface area (Å²) in [6.07, 6.45) is 1.64. The first-order chi connectivity index (χ1) is 9.69. The molecule has 1 amide bonds. The van der Waals surface area contributed by atoms with Crippen LogP contribution in [0.3, 0.4) is 0 Å². The van der Waals surface area contributed by atoms with Gasteiger partial charge in [-0.25, -0.2) is 4.39 Å². The number of rotatable bonds is 5. The van der Waals surface area contributed by atoms with E-state index in [0.29, 0.717) is 23.6 Å². The molecule has 3 nitrogen and oxygen atoms in total. The van der Waals surface area contributed by atoms with Crippen molar-refractivity contribution in [3.05, 3.63) is 72.6 Å². The van der Waals surface area contributed by atoms with Gasteiger partial charge in [0.1, 0.15) is 18.2 Å². The molecule has 0 aliphatic carbocycles. The van der Waals surface area contributed by atoms with E-state index in [1.54, 1.807) is 36.4 Å². The summed E-state index contributed by atoms with van der Waals surface area (Å²) >= 11 is 0. The smallest absolute Gasteiger partial charge is 0.255 e. The molecule has 0 aliphatic rings. The van der Waals surface area contributed by atoms with Gasteiger partial charge in [-0.1, -0.05) is 18.7 Å². The molecule has 0 unspecified atom stereocenters. The first-order valence-corrected chi connectivity index (χ1v) is 6.10. The fourth-order valence-corrected chi connectivity index (χ4v) is 1.63. The highest BCUT2D eigenvalue weighted by Crippen LogP contribution is 2.15. The summed E-state index contributed by atoms with van der Waals surface area (Å²) in [5, 5.41) is 2.63. The molecule has 2 aromatic carbocycles. The van der Waals surface area contributed by atoms with Crippen molar-refractivity contribution in [1.29, 1.82) is 0 Å². The van der Waals surface area contributed by atoms with E-state index in [1.165, 1.54) is 18.2 Å². The van der Waals surface area contributed by atoms with E-state index in [1.807, 2.05) is 0 Å². The molecule has 0 heterocycles. The molecule has 0 atom stereocenters. The lowest BCUT2D eigenvalue weighted by molar-refractivity contribution is 0.102. The third-order valence-corrected chi connectivity index (χ3v) is 2.57. The fraction of sp³-hybridized carbons (Fsp3) is 0.0625. The van der Waals surface area contributed by atoms with Gasteiger partial charge in [-0.2, -0.15) is 0 Å². The second kappa shape index (κ2) is 6.52. The molecule has 0 saturated carbocycles. The quantitative estimate of drug-likeness (QED) is 0.843. The zero-order valence-corrected chi connectivity index (χ0v) is 10.8. The second-order valence-corrected chi connectivity index (χ2v) is 4.09. The number of amides is 1. The van der Waals surface area contributed by atoms with Gasteiger partial charge in [0.15, 0.2) is 0 Å². The number of carbonyl (C=O) groups excluding carboxylic acids is 1. The number of benzene rings is 2. The summed E-state index contributed by atoms with van der Waals surface area (Å²) in [5.41, 5.74) is 0.891. The lowest BCUT2D eigenvalue weighted by atomic mass is 10.2. The first-order valence-electron chi connectivity index (χ1n) is 6.10. The molecular weight excluding hydrogens is 257 g/mol. The van der Waals surface area contributed by atoms with Crippen LogP contribution in [0.4, 0.5) is 10.1 Å². The number of hydrogen-bond acceptors (Lipinski definition) is 2. The molecule has 2 aromatic rings. The summed E-state index contributed by atoms with van der Waals surface area (Å²) in [7, 11) is 0. The molecule has 4 heteroatoms. The van der Waals surface area contributed by atoms with Crippen molar-refractivity contribution in [2.45, 2.75) is 0 Å². The average Bonchev–Trinajstić information content (AvgIpc) is 2.45. The molecule has 0 aromatic heterocycles. The minimum atomic E-state index is -0.393. The SMILES string of the molecule is C=CCOc1ccc(C(=O)Nc2cccc(F)c2)cc1. The highest BCUT2D eigenvalue weighted by molar-refractivity contribution is 6.04. The van der Waals surface area contributed by atoms with Crippen LogP contribution >= 0.6 is 0 Å². The summed E-state index contributed by atoms with van der Waals surface area (Å²) in [5.74, 6) is -0.0333. The van der Waals surface area contributed by atoms with Crippen LogP contribution in [0.5, 0.6) is 5.75 Å². The molecule has 2 rings (SSSR count). The average molecular weight is 271 g/mol. The molecule has 0 radical (unpaired) electrons. The van der Waals surface area contributed by atoms with Crippen molar-refractivity contribution < 1.29 is 13.9 Å². The predicted octanol–water partition coefficient (Wildman–Crippen LogP) is 3.64. The van der Waals surface area contributed by atoms with Gasteiger partial charge in [-0.05, 0) is 42.5 Å². The standard InChI is InChI=1S/C16H14FNO2/c1-2-10-20-15-8-6-12(7-9-15)16(19)18-14-5-3-4-13(17)11-14/h2-9,11H,1,10H2,(H,18,19). The Morgan fingerprint density at radius 3 is 2.65 bits per heavy atom. The Morgan fingerprint density at radius 1 is 1.25 bits per heavy atom. The van der Waals surface area contributed by atoms with Crippen LogP contribution in [0.15, 0.2) is 61.2 Å². The number of ether oxygens (including phenoxy) is 1. The number of hydrogen-bond donors (Lipinski definition) is 1. The summed E-state index contributed by atoms with van der Waals surface area (Å²) in [6.45, 7) is 3.97. The number of nitrogens with one attached hydrogen (secondary N) is 1. The molecule has 102 valence electrons. The van der Waals surface area contributed by atoms with Gasteiger partial charge in [0.05, 0.1) is 0 Å². The first kappa shape index (κ1) is 13.8. The maximum atomic E-state index is 13.0. The van der Waals surface area contributed by atoms with Crippen molar-refractivity contribution in [3.8, 4) is 5.75 Å². The van der Waals surface area contributed by atoms with Crippen LogP contribution in [-0.2, 0) is 0 Å².